The zero-order valence-corrected chi connectivity index (χ0v) is 7.29. The summed E-state index contributed by atoms with van der Waals surface area (Å²) in [6.07, 6.45) is 10.4. The maximum atomic E-state index is 9.06. The highest BCUT2D eigenvalue weighted by molar-refractivity contribution is 4.89. The summed E-state index contributed by atoms with van der Waals surface area (Å²) in [5.41, 5.74) is 0. The summed E-state index contributed by atoms with van der Waals surface area (Å²) < 4.78 is 0. The van der Waals surface area contributed by atoms with Gasteiger partial charge in [-0.3, -0.25) is 0 Å². The average Bonchev–Trinajstić information content (AvgIpc) is 2.03. The summed E-state index contributed by atoms with van der Waals surface area (Å²) in [5, 5.41) is 9.06. The molecule has 2 atom stereocenters. The molecule has 0 aromatic heterocycles. The van der Waals surface area contributed by atoms with Crippen molar-refractivity contribution in [2.45, 2.75) is 45.1 Å². The Morgan fingerprint density at radius 1 is 1.55 bits per heavy atom. The highest BCUT2D eigenvalue weighted by atomic mass is 16.3. The summed E-state index contributed by atoms with van der Waals surface area (Å²) in [7, 11) is 0. The summed E-state index contributed by atoms with van der Waals surface area (Å²) >= 11 is 0. The molecule has 0 aromatic carbocycles. The van der Waals surface area contributed by atoms with Gasteiger partial charge in [0, 0.05) is 0 Å². The Hall–Kier alpha value is -0.300. The molecular weight excluding hydrogens is 136 g/mol. The van der Waals surface area contributed by atoms with Crippen LogP contribution in [0.4, 0.5) is 0 Å². The second-order valence-electron chi connectivity index (χ2n) is 3.58. The molecule has 1 aliphatic rings. The molecular formula is C10H18O. The molecule has 0 bridgehead atoms. The van der Waals surface area contributed by atoms with Crippen molar-refractivity contribution in [1.29, 1.82) is 0 Å². The SMILES string of the molecule is C[C@@H](O)CC[C@@H]1CC=CCC1. The zero-order valence-electron chi connectivity index (χ0n) is 7.29. The van der Waals surface area contributed by atoms with Crippen LogP contribution in [-0.2, 0) is 0 Å². The third kappa shape index (κ3) is 3.57. The van der Waals surface area contributed by atoms with Crippen LogP contribution in [0.25, 0.3) is 0 Å². The molecule has 1 nitrogen and oxygen atoms in total. The third-order valence-corrected chi connectivity index (χ3v) is 2.37. The predicted molar refractivity (Wildman–Crippen MR) is 47.4 cm³/mol. The van der Waals surface area contributed by atoms with Crippen molar-refractivity contribution in [2.24, 2.45) is 5.92 Å². The molecule has 0 radical (unpaired) electrons. The predicted octanol–water partition coefficient (Wildman–Crippen LogP) is 2.50. The van der Waals surface area contributed by atoms with Crippen LogP contribution in [0.3, 0.4) is 0 Å². The minimum atomic E-state index is -0.110. The Kier molecular flexibility index (Phi) is 3.64. The van der Waals surface area contributed by atoms with Gasteiger partial charge in [-0.05, 0) is 44.9 Å². The second-order valence-corrected chi connectivity index (χ2v) is 3.58. The quantitative estimate of drug-likeness (QED) is 0.619. The first-order valence-corrected chi connectivity index (χ1v) is 4.62. The normalized spacial score (nSPS) is 26.9. The fraction of sp³-hybridized carbons (Fsp3) is 0.800. The molecule has 0 unspecified atom stereocenters. The van der Waals surface area contributed by atoms with Gasteiger partial charge >= 0.3 is 0 Å². The van der Waals surface area contributed by atoms with Crippen LogP contribution in [-0.4, -0.2) is 11.2 Å². The number of hydrogen-bond acceptors (Lipinski definition) is 1. The minimum Gasteiger partial charge on any atom is -0.393 e. The van der Waals surface area contributed by atoms with Gasteiger partial charge in [0.2, 0.25) is 0 Å². The molecule has 0 saturated heterocycles. The van der Waals surface area contributed by atoms with E-state index in [2.05, 4.69) is 12.2 Å². The van der Waals surface area contributed by atoms with Gasteiger partial charge in [0.05, 0.1) is 6.10 Å². The number of hydrogen-bond donors (Lipinski definition) is 1. The monoisotopic (exact) mass is 154 g/mol. The molecule has 1 N–H and O–H groups in total. The Morgan fingerprint density at radius 3 is 2.91 bits per heavy atom. The molecule has 1 rings (SSSR count). The van der Waals surface area contributed by atoms with E-state index in [-0.39, 0.29) is 6.10 Å². The van der Waals surface area contributed by atoms with Gasteiger partial charge in [-0.15, -0.1) is 0 Å². The molecule has 1 heteroatoms. The van der Waals surface area contributed by atoms with Crippen molar-refractivity contribution in [3.05, 3.63) is 12.2 Å². The summed E-state index contributed by atoms with van der Waals surface area (Å²) in [5.74, 6) is 0.842. The van der Waals surface area contributed by atoms with Gasteiger partial charge in [0.25, 0.3) is 0 Å². The molecule has 0 aliphatic heterocycles. The Balaban J connectivity index is 2.11. The molecule has 64 valence electrons. The highest BCUT2D eigenvalue weighted by Gasteiger charge is 2.10. The van der Waals surface area contributed by atoms with E-state index in [9.17, 15) is 0 Å². The fourth-order valence-electron chi connectivity index (χ4n) is 1.60. The van der Waals surface area contributed by atoms with Gasteiger partial charge in [0.15, 0.2) is 0 Å². The maximum absolute atomic E-state index is 9.06. The zero-order chi connectivity index (χ0) is 8.10. The van der Waals surface area contributed by atoms with E-state index in [1.165, 1.54) is 25.7 Å². The summed E-state index contributed by atoms with van der Waals surface area (Å²) in [6.45, 7) is 1.87. The van der Waals surface area contributed by atoms with E-state index in [1.807, 2.05) is 6.92 Å². The van der Waals surface area contributed by atoms with Crippen molar-refractivity contribution in [2.75, 3.05) is 0 Å². The van der Waals surface area contributed by atoms with Crippen molar-refractivity contribution in [1.82, 2.24) is 0 Å². The van der Waals surface area contributed by atoms with Gasteiger partial charge in [-0.1, -0.05) is 12.2 Å². The van der Waals surface area contributed by atoms with Crippen LogP contribution in [0.1, 0.15) is 39.0 Å². The largest absolute Gasteiger partial charge is 0.393 e. The minimum absolute atomic E-state index is 0.110. The first-order valence-electron chi connectivity index (χ1n) is 4.62. The van der Waals surface area contributed by atoms with Crippen LogP contribution in [0.15, 0.2) is 12.2 Å². The third-order valence-electron chi connectivity index (χ3n) is 2.37. The molecule has 0 amide bonds. The molecule has 0 spiro atoms. The van der Waals surface area contributed by atoms with Crippen molar-refractivity contribution >= 4 is 0 Å². The molecule has 1 aliphatic carbocycles. The lowest BCUT2D eigenvalue weighted by Gasteiger charge is -2.17. The van der Waals surface area contributed by atoms with E-state index in [4.69, 9.17) is 5.11 Å². The Labute approximate surface area is 69.1 Å². The first-order chi connectivity index (χ1) is 5.29. The Bertz CT molecular complexity index is 127. The highest BCUT2D eigenvalue weighted by Crippen LogP contribution is 2.23. The standard InChI is InChI=1S/C10H18O/c1-9(11)7-8-10-5-3-2-4-6-10/h2-3,9-11H,4-8H2,1H3/t9-,10-/m1/s1. The van der Waals surface area contributed by atoms with Crippen LogP contribution in [0, 0.1) is 5.92 Å². The van der Waals surface area contributed by atoms with Gasteiger partial charge in [-0.25, -0.2) is 0 Å². The van der Waals surface area contributed by atoms with Crippen molar-refractivity contribution in [3.8, 4) is 0 Å². The molecule has 0 aromatic rings. The van der Waals surface area contributed by atoms with E-state index in [0.29, 0.717) is 0 Å². The van der Waals surface area contributed by atoms with E-state index in [0.717, 1.165) is 12.3 Å². The van der Waals surface area contributed by atoms with E-state index < -0.39 is 0 Å². The Morgan fingerprint density at radius 2 is 2.36 bits per heavy atom. The van der Waals surface area contributed by atoms with Gasteiger partial charge in [0.1, 0.15) is 0 Å². The first kappa shape index (κ1) is 8.79. The lowest BCUT2D eigenvalue weighted by molar-refractivity contribution is 0.172. The number of rotatable bonds is 3. The average molecular weight is 154 g/mol. The lowest BCUT2D eigenvalue weighted by atomic mass is 9.89. The second kappa shape index (κ2) is 4.55. The van der Waals surface area contributed by atoms with E-state index in [1.54, 1.807) is 0 Å². The topological polar surface area (TPSA) is 20.2 Å². The fourth-order valence-corrected chi connectivity index (χ4v) is 1.60. The summed E-state index contributed by atoms with van der Waals surface area (Å²) in [6, 6.07) is 0. The number of aliphatic hydroxyl groups is 1. The molecule has 11 heavy (non-hydrogen) atoms. The molecule has 0 heterocycles. The van der Waals surface area contributed by atoms with Crippen molar-refractivity contribution < 1.29 is 5.11 Å². The van der Waals surface area contributed by atoms with E-state index >= 15 is 0 Å². The van der Waals surface area contributed by atoms with Crippen LogP contribution in [0.5, 0.6) is 0 Å². The van der Waals surface area contributed by atoms with Crippen LogP contribution in [0.2, 0.25) is 0 Å². The lowest BCUT2D eigenvalue weighted by Crippen LogP contribution is -2.07. The smallest absolute Gasteiger partial charge is 0.0512 e. The molecule has 0 fully saturated rings. The summed E-state index contributed by atoms with van der Waals surface area (Å²) in [4.78, 5) is 0. The van der Waals surface area contributed by atoms with Crippen LogP contribution >= 0.6 is 0 Å². The van der Waals surface area contributed by atoms with Gasteiger partial charge in [-0.2, -0.15) is 0 Å². The number of aliphatic hydroxyl groups excluding tert-OH is 1. The van der Waals surface area contributed by atoms with Crippen molar-refractivity contribution in [3.63, 3.8) is 0 Å². The maximum Gasteiger partial charge on any atom is 0.0512 e. The number of allylic oxidation sites excluding steroid dienone is 2. The van der Waals surface area contributed by atoms with Crippen LogP contribution < -0.4 is 0 Å². The molecule has 0 saturated carbocycles. The van der Waals surface area contributed by atoms with Gasteiger partial charge < -0.3 is 5.11 Å².